The van der Waals surface area contributed by atoms with E-state index in [-0.39, 0.29) is 23.7 Å². The first-order chi connectivity index (χ1) is 11.5. The summed E-state index contributed by atoms with van der Waals surface area (Å²) in [5, 5.41) is 3.80. The van der Waals surface area contributed by atoms with E-state index in [1.165, 1.54) is 24.3 Å². The fourth-order valence-corrected chi connectivity index (χ4v) is 3.10. The van der Waals surface area contributed by atoms with Crippen LogP contribution in [0.4, 0.5) is 4.39 Å². The number of nitrogens with zero attached hydrogens (tertiary/aromatic N) is 2. The van der Waals surface area contributed by atoms with E-state index in [9.17, 15) is 12.8 Å². The van der Waals surface area contributed by atoms with Gasteiger partial charge in [-0.1, -0.05) is 23.4 Å². The van der Waals surface area contributed by atoms with Gasteiger partial charge in [-0.25, -0.2) is 17.5 Å². The molecule has 6 nitrogen and oxygen atoms in total. The van der Waals surface area contributed by atoms with Crippen molar-refractivity contribution < 1.29 is 17.3 Å². The van der Waals surface area contributed by atoms with Crippen LogP contribution in [0.25, 0.3) is 11.4 Å². The molecule has 1 N–H and O–H groups in total. The van der Waals surface area contributed by atoms with Crippen LogP contribution in [-0.4, -0.2) is 25.1 Å². The molecular weight excluding hydrogens is 333 g/mol. The Morgan fingerprint density at radius 2 is 1.75 bits per heavy atom. The summed E-state index contributed by atoms with van der Waals surface area (Å²) in [4.78, 5) is 4.36. The molecule has 0 saturated heterocycles. The lowest BCUT2D eigenvalue weighted by atomic mass is 10.2. The largest absolute Gasteiger partial charge is 0.339 e. The molecule has 24 heavy (non-hydrogen) atoms. The van der Waals surface area contributed by atoms with Gasteiger partial charge in [-0.2, -0.15) is 4.98 Å². The summed E-state index contributed by atoms with van der Waals surface area (Å²) in [6.07, 6.45) is 0.250. The predicted octanol–water partition coefficient (Wildman–Crippen LogP) is 2.40. The predicted molar refractivity (Wildman–Crippen MR) is 85.0 cm³/mol. The number of sulfonamides is 1. The van der Waals surface area contributed by atoms with Crippen LogP contribution < -0.4 is 4.72 Å². The average molecular weight is 347 g/mol. The van der Waals surface area contributed by atoms with Crippen molar-refractivity contribution in [2.45, 2.75) is 11.3 Å². The van der Waals surface area contributed by atoms with Gasteiger partial charge < -0.3 is 4.52 Å². The van der Waals surface area contributed by atoms with Gasteiger partial charge in [-0.15, -0.1) is 0 Å². The van der Waals surface area contributed by atoms with Crippen LogP contribution in [0.2, 0.25) is 0 Å². The van der Waals surface area contributed by atoms with Gasteiger partial charge in [0.1, 0.15) is 5.82 Å². The molecule has 0 aliphatic heterocycles. The normalized spacial score (nSPS) is 11.5. The highest BCUT2D eigenvalue weighted by Crippen LogP contribution is 2.16. The Morgan fingerprint density at radius 1 is 1.04 bits per heavy atom. The molecule has 1 heterocycles. The zero-order valence-corrected chi connectivity index (χ0v) is 13.3. The fraction of sp³-hybridized carbons (Fsp3) is 0.125. The lowest BCUT2D eigenvalue weighted by Gasteiger charge is -2.04. The van der Waals surface area contributed by atoms with Crippen LogP contribution in [0.5, 0.6) is 0 Å². The molecule has 0 radical (unpaired) electrons. The van der Waals surface area contributed by atoms with E-state index in [1.54, 1.807) is 30.3 Å². The first kappa shape index (κ1) is 16.3. The Morgan fingerprint density at radius 3 is 2.46 bits per heavy atom. The van der Waals surface area contributed by atoms with Crippen LogP contribution in [0, 0.1) is 5.82 Å². The van der Waals surface area contributed by atoms with Crippen LogP contribution in [0.15, 0.2) is 64.0 Å². The Kier molecular flexibility index (Phi) is 4.68. The van der Waals surface area contributed by atoms with E-state index in [0.717, 1.165) is 0 Å². The molecule has 3 rings (SSSR count). The van der Waals surface area contributed by atoms with Crippen molar-refractivity contribution in [3.8, 4) is 11.4 Å². The van der Waals surface area contributed by atoms with Crippen molar-refractivity contribution in [3.63, 3.8) is 0 Å². The third-order valence-electron chi connectivity index (χ3n) is 3.25. The van der Waals surface area contributed by atoms with Crippen molar-refractivity contribution >= 4 is 10.0 Å². The van der Waals surface area contributed by atoms with Gasteiger partial charge in [-0.05, 0) is 36.4 Å². The Balaban J connectivity index is 1.61. The number of halogens is 1. The van der Waals surface area contributed by atoms with Crippen LogP contribution in [0.3, 0.4) is 0 Å². The second-order valence-electron chi connectivity index (χ2n) is 4.98. The van der Waals surface area contributed by atoms with Gasteiger partial charge >= 0.3 is 0 Å². The van der Waals surface area contributed by atoms with Crippen molar-refractivity contribution in [3.05, 3.63) is 66.3 Å². The quantitative estimate of drug-likeness (QED) is 0.740. The smallest absolute Gasteiger partial charge is 0.240 e. The third-order valence-corrected chi connectivity index (χ3v) is 4.73. The Hall–Kier alpha value is -2.58. The summed E-state index contributed by atoms with van der Waals surface area (Å²) in [5.41, 5.74) is 0.622. The molecule has 8 heteroatoms. The van der Waals surface area contributed by atoms with Gasteiger partial charge in [0.25, 0.3) is 0 Å². The number of rotatable bonds is 6. The maximum atomic E-state index is 12.9. The molecule has 0 spiro atoms. The number of hydrogen-bond donors (Lipinski definition) is 1. The Labute approximate surface area is 138 Å². The monoisotopic (exact) mass is 347 g/mol. The molecule has 3 aromatic rings. The SMILES string of the molecule is O=S(=O)(NCCc1nc(-c2ccc(F)cc2)no1)c1ccccc1. The van der Waals surface area contributed by atoms with Gasteiger partial charge in [-0.3, -0.25) is 0 Å². The van der Waals surface area contributed by atoms with Crippen molar-refractivity contribution in [2.24, 2.45) is 0 Å². The number of nitrogens with one attached hydrogen (secondary N) is 1. The Bertz CT molecular complexity index is 909. The summed E-state index contributed by atoms with van der Waals surface area (Å²) < 4.78 is 44.6. The maximum Gasteiger partial charge on any atom is 0.240 e. The summed E-state index contributed by atoms with van der Waals surface area (Å²) in [5.74, 6) is 0.277. The zero-order valence-electron chi connectivity index (χ0n) is 12.5. The van der Waals surface area contributed by atoms with E-state index >= 15 is 0 Å². The molecule has 0 saturated carbocycles. The van der Waals surface area contributed by atoms with Gasteiger partial charge in [0, 0.05) is 18.5 Å². The summed E-state index contributed by atoms with van der Waals surface area (Å²) in [7, 11) is -3.56. The lowest BCUT2D eigenvalue weighted by Crippen LogP contribution is -2.26. The molecule has 0 amide bonds. The minimum Gasteiger partial charge on any atom is -0.339 e. The molecule has 0 bridgehead atoms. The van der Waals surface area contributed by atoms with E-state index in [1.807, 2.05) is 0 Å². The zero-order chi connectivity index (χ0) is 17.0. The number of hydrogen-bond acceptors (Lipinski definition) is 5. The number of benzene rings is 2. The van der Waals surface area contributed by atoms with Crippen LogP contribution in [-0.2, 0) is 16.4 Å². The molecule has 0 aliphatic carbocycles. The average Bonchev–Trinajstić information content (AvgIpc) is 3.05. The van der Waals surface area contributed by atoms with E-state index < -0.39 is 10.0 Å². The summed E-state index contributed by atoms with van der Waals surface area (Å²) >= 11 is 0. The molecule has 0 aliphatic rings. The highest BCUT2D eigenvalue weighted by molar-refractivity contribution is 7.89. The fourth-order valence-electron chi connectivity index (χ4n) is 2.05. The van der Waals surface area contributed by atoms with E-state index in [0.29, 0.717) is 17.3 Å². The second kappa shape index (κ2) is 6.90. The lowest BCUT2D eigenvalue weighted by molar-refractivity contribution is 0.379. The summed E-state index contributed by atoms with van der Waals surface area (Å²) in [6, 6.07) is 13.8. The van der Waals surface area contributed by atoms with Gasteiger partial charge in [0.05, 0.1) is 4.90 Å². The number of aromatic nitrogens is 2. The van der Waals surface area contributed by atoms with Crippen LogP contribution >= 0.6 is 0 Å². The van der Waals surface area contributed by atoms with Crippen molar-refractivity contribution in [1.82, 2.24) is 14.9 Å². The highest BCUT2D eigenvalue weighted by atomic mass is 32.2. The maximum absolute atomic E-state index is 12.9. The third kappa shape index (κ3) is 3.84. The molecule has 124 valence electrons. The van der Waals surface area contributed by atoms with Crippen LogP contribution in [0.1, 0.15) is 5.89 Å². The van der Waals surface area contributed by atoms with Crippen molar-refractivity contribution in [1.29, 1.82) is 0 Å². The molecule has 2 aromatic carbocycles. The van der Waals surface area contributed by atoms with Gasteiger partial charge in [0.2, 0.25) is 21.7 Å². The summed E-state index contributed by atoms with van der Waals surface area (Å²) in [6.45, 7) is 0.127. The molecule has 0 unspecified atom stereocenters. The minimum atomic E-state index is -3.56. The van der Waals surface area contributed by atoms with Gasteiger partial charge in [0.15, 0.2) is 0 Å². The molecular formula is C16H14FN3O3S. The van der Waals surface area contributed by atoms with E-state index in [2.05, 4.69) is 14.9 Å². The topological polar surface area (TPSA) is 85.1 Å². The molecule has 0 atom stereocenters. The minimum absolute atomic E-state index is 0.127. The molecule has 0 fully saturated rings. The standard InChI is InChI=1S/C16H14FN3O3S/c17-13-8-6-12(7-9-13)16-19-15(23-20-16)10-11-18-24(21,22)14-4-2-1-3-5-14/h1-9,18H,10-11H2. The first-order valence-electron chi connectivity index (χ1n) is 7.18. The van der Waals surface area contributed by atoms with E-state index in [4.69, 9.17) is 4.52 Å². The van der Waals surface area contributed by atoms with Crippen molar-refractivity contribution in [2.75, 3.05) is 6.54 Å². The first-order valence-corrected chi connectivity index (χ1v) is 8.66. The molecule has 1 aromatic heterocycles. The second-order valence-corrected chi connectivity index (χ2v) is 6.75. The highest BCUT2D eigenvalue weighted by Gasteiger charge is 2.14.